The maximum Gasteiger partial charge on any atom is 0.188 e. The molecule has 2 rings (SSSR count). The van der Waals surface area contributed by atoms with Crippen molar-refractivity contribution in [1.29, 1.82) is 0 Å². The van der Waals surface area contributed by atoms with E-state index >= 15 is 0 Å². The molecule has 0 fully saturated rings. The normalized spacial score (nSPS) is 10.6. The van der Waals surface area contributed by atoms with E-state index in [1.54, 1.807) is 7.11 Å². The highest BCUT2D eigenvalue weighted by Crippen LogP contribution is 2.26. The van der Waals surface area contributed by atoms with Crippen LogP contribution in [0.1, 0.15) is 12.5 Å². The van der Waals surface area contributed by atoms with Crippen molar-refractivity contribution in [3.63, 3.8) is 0 Å². The molecule has 84 valence electrons. The van der Waals surface area contributed by atoms with E-state index in [1.807, 2.05) is 12.1 Å². The number of fused-ring (bicyclic) bond motifs is 1. The van der Waals surface area contributed by atoms with Crippen molar-refractivity contribution in [3.05, 3.63) is 42.0 Å². The third-order valence-electron chi connectivity index (χ3n) is 2.65. The zero-order chi connectivity index (χ0) is 11.4. The molecule has 0 heterocycles. The van der Waals surface area contributed by atoms with Gasteiger partial charge in [-0.25, -0.2) is 0 Å². The standard InChI is InChI=1S/C14H16O2/c1-3-11-7-8-12-5-4-6-14(13(12)9-11)16-10-15-2/h4-9H,3,10H2,1-2H3. The molecule has 0 spiro atoms. The minimum absolute atomic E-state index is 0.287. The van der Waals surface area contributed by atoms with Crippen LogP contribution in [0.4, 0.5) is 0 Å². The van der Waals surface area contributed by atoms with Gasteiger partial charge in [0.1, 0.15) is 5.75 Å². The summed E-state index contributed by atoms with van der Waals surface area (Å²) in [6.45, 7) is 2.44. The molecule has 0 atom stereocenters. The molecular weight excluding hydrogens is 200 g/mol. The Hall–Kier alpha value is -1.54. The fourth-order valence-corrected chi connectivity index (χ4v) is 1.76. The van der Waals surface area contributed by atoms with Gasteiger partial charge in [-0.15, -0.1) is 0 Å². The van der Waals surface area contributed by atoms with Gasteiger partial charge in [-0.05, 0) is 29.5 Å². The lowest BCUT2D eigenvalue weighted by Crippen LogP contribution is -1.99. The Labute approximate surface area is 95.8 Å². The van der Waals surface area contributed by atoms with Gasteiger partial charge in [0, 0.05) is 12.5 Å². The van der Waals surface area contributed by atoms with Gasteiger partial charge in [-0.1, -0.05) is 31.2 Å². The van der Waals surface area contributed by atoms with Crippen LogP contribution in [0.15, 0.2) is 36.4 Å². The third kappa shape index (κ3) is 2.17. The second-order valence-electron chi connectivity index (χ2n) is 3.72. The molecule has 0 saturated carbocycles. The lowest BCUT2D eigenvalue weighted by atomic mass is 10.0. The van der Waals surface area contributed by atoms with E-state index in [1.165, 1.54) is 10.9 Å². The fraction of sp³-hybridized carbons (Fsp3) is 0.286. The molecule has 0 aliphatic heterocycles. The van der Waals surface area contributed by atoms with Crippen molar-refractivity contribution in [2.45, 2.75) is 13.3 Å². The van der Waals surface area contributed by atoms with E-state index in [4.69, 9.17) is 9.47 Å². The molecule has 2 heteroatoms. The second-order valence-corrected chi connectivity index (χ2v) is 3.72. The molecule has 2 aromatic rings. The highest BCUT2D eigenvalue weighted by Gasteiger charge is 2.02. The summed E-state index contributed by atoms with van der Waals surface area (Å²) < 4.78 is 10.5. The first-order valence-corrected chi connectivity index (χ1v) is 5.48. The molecule has 0 aromatic heterocycles. The van der Waals surface area contributed by atoms with E-state index in [0.717, 1.165) is 17.6 Å². The topological polar surface area (TPSA) is 18.5 Å². The minimum atomic E-state index is 0.287. The third-order valence-corrected chi connectivity index (χ3v) is 2.65. The summed E-state index contributed by atoms with van der Waals surface area (Å²) in [6, 6.07) is 12.5. The largest absolute Gasteiger partial charge is 0.467 e. The summed E-state index contributed by atoms with van der Waals surface area (Å²) in [7, 11) is 1.63. The Kier molecular flexibility index (Phi) is 3.42. The number of hydrogen-bond acceptors (Lipinski definition) is 2. The maximum absolute atomic E-state index is 5.55. The molecule has 0 amide bonds. The first-order valence-electron chi connectivity index (χ1n) is 5.48. The van der Waals surface area contributed by atoms with Crippen LogP contribution in [0.5, 0.6) is 5.75 Å². The first kappa shape index (κ1) is 11.0. The molecule has 0 saturated heterocycles. The van der Waals surface area contributed by atoms with Gasteiger partial charge in [0.2, 0.25) is 0 Å². The molecule has 2 aromatic carbocycles. The van der Waals surface area contributed by atoms with Crippen molar-refractivity contribution in [2.24, 2.45) is 0 Å². The summed E-state index contributed by atoms with van der Waals surface area (Å²) in [4.78, 5) is 0. The summed E-state index contributed by atoms with van der Waals surface area (Å²) in [5.41, 5.74) is 1.32. The Morgan fingerprint density at radius 1 is 1.12 bits per heavy atom. The van der Waals surface area contributed by atoms with Gasteiger partial charge in [0.05, 0.1) is 0 Å². The highest BCUT2D eigenvalue weighted by atomic mass is 16.7. The monoisotopic (exact) mass is 216 g/mol. The van der Waals surface area contributed by atoms with E-state index < -0.39 is 0 Å². The van der Waals surface area contributed by atoms with Gasteiger partial charge >= 0.3 is 0 Å². The predicted molar refractivity (Wildman–Crippen MR) is 65.8 cm³/mol. The number of hydrogen-bond donors (Lipinski definition) is 0. The molecule has 16 heavy (non-hydrogen) atoms. The van der Waals surface area contributed by atoms with Crippen LogP contribution < -0.4 is 4.74 Å². The molecule has 0 radical (unpaired) electrons. The van der Waals surface area contributed by atoms with Crippen LogP contribution in [0.25, 0.3) is 10.8 Å². The van der Waals surface area contributed by atoms with Crippen LogP contribution in [-0.2, 0) is 11.2 Å². The summed E-state index contributed by atoms with van der Waals surface area (Å²) in [6.07, 6.45) is 1.04. The smallest absolute Gasteiger partial charge is 0.188 e. The van der Waals surface area contributed by atoms with Crippen molar-refractivity contribution in [1.82, 2.24) is 0 Å². The molecule has 0 N–H and O–H groups in total. The van der Waals surface area contributed by atoms with E-state index in [0.29, 0.717) is 0 Å². The van der Waals surface area contributed by atoms with Gasteiger partial charge in [0.15, 0.2) is 6.79 Å². The maximum atomic E-state index is 5.55. The van der Waals surface area contributed by atoms with Crippen LogP contribution in [0.3, 0.4) is 0 Å². The van der Waals surface area contributed by atoms with E-state index in [2.05, 4.69) is 31.2 Å². The number of aryl methyl sites for hydroxylation is 1. The van der Waals surface area contributed by atoms with Gasteiger partial charge < -0.3 is 9.47 Å². The van der Waals surface area contributed by atoms with Crippen molar-refractivity contribution in [3.8, 4) is 5.75 Å². The number of methoxy groups -OCH3 is 1. The molecule has 0 bridgehead atoms. The average molecular weight is 216 g/mol. The quantitative estimate of drug-likeness (QED) is 0.729. The Balaban J connectivity index is 2.46. The van der Waals surface area contributed by atoms with Crippen molar-refractivity contribution >= 4 is 10.8 Å². The van der Waals surface area contributed by atoms with Crippen molar-refractivity contribution in [2.75, 3.05) is 13.9 Å². The molecule has 0 aliphatic rings. The zero-order valence-corrected chi connectivity index (χ0v) is 9.69. The fourth-order valence-electron chi connectivity index (χ4n) is 1.76. The molecule has 0 aliphatic carbocycles. The van der Waals surface area contributed by atoms with Crippen LogP contribution >= 0.6 is 0 Å². The van der Waals surface area contributed by atoms with Gasteiger partial charge in [-0.2, -0.15) is 0 Å². The van der Waals surface area contributed by atoms with Crippen LogP contribution in [0.2, 0.25) is 0 Å². The lowest BCUT2D eigenvalue weighted by Gasteiger charge is -2.09. The van der Waals surface area contributed by atoms with Crippen LogP contribution in [-0.4, -0.2) is 13.9 Å². The summed E-state index contributed by atoms with van der Waals surface area (Å²) in [5, 5.41) is 2.35. The van der Waals surface area contributed by atoms with E-state index in [9.17, 15) is 0 Å². The number of rotatable bonds is 4. The van der Waals surface area contributed by atoms with Gasteiger partial charge in [-0.3, -0.25) is 0 Å². The van der Waals surface area contributed by atoms with Crippen LogP contribution in [0, 0.1) is 0 Å². The van der Waals surface area contributed by atoms with E-state index in [-0.39, 0.29) is 6.79 Å². The zero-order valence-electron chi connectivity index (χ0n) is 9.69. The van der Waals surface area contributed by atoms with Gasteiger partial charge in [0.25, 0.3) is 0 Å². The first-order chi connectivity index (χ1) is 7.85. The van der Waals surface area contributed by atoms with Crippen molar-refractivity contribution < 1.29 is 9.47 Å². The Morgan fingerprint density at radius 2 is 2.00 bits per heavy atom. The second kappa shape index (κ2) is 4.99. The lowest BCUT2D eigenvalue weighted by molar-refractivity contribution is 0.0522. The average Bonchev–Trinajstić information content (AvgIpc) is 2.35. The molecule has 0 unspecified atom stereocenters. The molecule has 2 nitrogen and oxygen atoms in total. The number of ether oxygens (including phenoxy) is 2. The SMILES string of the molecule is CCc1ccc2cccc(OCOC)c2c1. The Morgan fingerprint density at radius 3 is 2.75 bits per heavy atom. The predicted octanol–water partition coefficient (Wildman–Crippen LogP) is 3.38. The Bertz CT molecular complexity index is 477. The summed E-state index contributed by atoms with van der Waals surface area (Å²) >= 11 is 0. The number of benzene rings is 2. The highest BCUT2D eigenvalue weighted by molar-refractivity contribution is 5.88. The molecular formula is C14H16O2. The minimum Gasteiger partial charge on any atom is -0.467 e. The summed E-state index contributed by atoms with van der Waals surface area (Å²) in [5.74, 6) is 0.884.